The van der Waals surface area contributed by atoms with Gasteiger partial charge in [0.15, 0.2) is 0 Å². The zero-order chi connectivity index (χ0) is 17.1. The fourth-order valence-corrected chi connectivity index (χ4v) is 4.21. The molecule has 0 spiro atoms. The van der Waals surface area contributed by atoms with E-state index in [2.05, 4.69) is 31.3 Å². The summed E-state index contributed by atoms with van der Waals surface area (Å²) in [5.74, 6) is 1.41. The third kappa shape index (κ3) is 3.87. The van der Waals surface area contributed by atoms with Gasteiger partial charge in [-0.15, -0.1) is 11.8 Å². The van der Waals surface area contributed by atoms with Crippen molar-refractivity contribution in [3.05, 3.63) is 64.7 Å². The van der Waals surface area contributed by atoms with Crippen LogP contribution in [0.25, 0.3) is 0 Å². The Labute approximate surface area is 152 Å². The van der Waals surface area contributed by atoms with Crippen molar-refractivity contribution >= 4 is 35.1 Å². The van der Waals surface area contributed by atoms with Crippen molar-refractivity contribution < 1.29 is 4.79 Å². The Morgan fingerprint density at radius 3 is 2.67 bits per heavy atom. The molecule has 126 valence electrons. The smallest absolute Gasteiger partial charge is 0.308 e. The number of benzene rings is 2. The maximum Gasteiger partial charge on any atom is 0.323 e. The molecule has 0 aromatic heterocycles. The van der Waals surface area contributed by atoms with Crippen LogP contribution < -0.4 is 5.32 Å². The summed E-state index contributed by atoms with van der Waals surface area (Å²) >= 11 is 7.86. The summed E-state index contributed by atoms with van der Waals surface area (Å²) in [7, 11) is 0. The minimum absolute atomic E-state index is 0.0126. The van der Waals surface area contributed by atoms with E-state index in [1.54, 1.807) is 11.8 Å². The molecule has 1 N–H and O–H groups in total. The quantitative estimate of drug-likeness (QED) is 0.756. The van der Waals surface area contributed by atoms with E-state index in [-0.39, 0.29) is 11.4 Å². The number of hydrogen-bond donors (Lipinski definition) is 1. The van der Waals surface area contributed by atoms with Gasteiger partial charge < -0.3 is 10.2 Å². The molecule has 1 fully saturated rings. The zero-order valence-electron chi connectivity index (χ0n) is 13.8. The third-order valence-electron chi connectivity index (χ3n) is 4.11. The van der Waals surface area contributed by atoms with Crippen molar-refractivity contribution in [2.45, 2.75) is 25.1 Å². The Kier molecular flexibility index (Phi) is 5.36. The van der Waals surface area contributed by atoms with Gasteiger partial charge in [0, 0.05) is 23.0 Å². The van der Waals surface area contributed by atoms with Gasteiger partial charge in [-0.1, -0.05) is 49.7 Å². The van der Waals surface area contributed by atoms with Gasteiger partial charge in [0.05, 0.1) is 0 Å². The number of thioether (sulfide) groups is 1. The lowest BCUT2D eigenvalue weighted by Crippen LogP contribution is -2.34. The summed E-state index contributed by atoms with van der Waals surface area (Å²) in [6.45, 7) is 5.05. The molecule has 3 nitrogen and oxygen atoms in total. The molecule has 1 unspecified atom stereocenters. The first-order chi connectivity index (χ1) is 11.5. The molecule has 0 radical (unpaired) electrons. The van der Waals surface area contributed by atoms with E-state index in [1.807, 2.05) is 41.3 Å². The minimum Gasteiger partial charge on any atom is -0.308 e. The lowest BCUT2D eigenvalue weighted by atomic mass is 10.0. The van der Waals surface area contributed by atoms with Crippen molar-refractivity contribution in [2.75, 3.05) is 17.6 Å². The molecule has 2 amide bonds. The van der Waals surface area contributed by atoms with Crippen molar-refractivity contribution in [2.24, 2.45) is 0 Å². The van der Waals surface area contributed by atoms with Crippen LogP contribution in [0.2, 0.25) is 5.02 Å². The molecule has 0 aliphatic carbocycles. The molecule has 1 saturated heterocycles. The molecule has 24 heavy (non-hydrogen) atoms. The highest BCUT2D eigenvalue weighted by atomic mass is 35.5. The number of anilines is 1. The average molecular weight is 361 g/mol. The number of urea groups is 1. The lowest BCUT2D eigenvalue weighted by molar-refractivity contribution is 0.214. The highest BCUT2D eigenvalue weighted by Crippen LogP contribution is 2.38. The highest BCUT2D eigenvalue weighted by molar-refractivity contribution is 7.99. The number of nitrogens with one attached hydrogen (secondary N) is 1. The summed E-state index contributed by atoms with van der Waals surface area (Å²) in [4.78, 5) is 14.5. The Morgan fingerprint density at radius 2 is 2.00 bits per heavy atom. The fourth-order valence-electron chi connectivity index (χ4n) is 2.76. The Morgan fingerprint density at radius 1 is 1.25 bits per heavy atom. The molecular formula is C19H21ClN2OS. The summed E-state index contributed by atoms with van der Waals surface area (Å²) in [6.07, 6.45) is 0. The van der Waals surface area contributed by atoms with Gasteiger partial charge >= 0.3 is 6.03 Å². The predicted molar refractivity (Wildman–Crippen MR) is 103 cm³/mol. The van der Waals surface area contributed by atoms with Gasteiger partial charge in [0.2, 0.25) is 0 Å². The number of carbonyl (C=O) groups is 1. The van der Waals surface area contributed by atoms with Gasteiger partial charge in [-0.25, -0.2) is 4.79 Å². The zero-order valence-corrected chi connectivity index (χ0v) is 15.4. The molecule has 1 heterocycles. The van der Waals surface area contributed by atoms with Crippen molar-refractivity contribution in [3.8, 4) is 0 Å². The molecule has 1 atom stereocenters. The molecule has 2 aromatic carbocycles. The maximum absolute atomic E-state index is 12.7. The lowest BCUT2D eigenvalue weighted by Gasteiger charge is -2.24. The molecule has 1 aliphatic rings. The minimum atomic E-state index is -0.0673. The first-order valence-electron chi connectivity index (χ1n) is 8.09. The highest BCUT2D eigenvalue weighted by Gasteiger charge is 2.30. The number of nitrogens with zero attached hydrogens (tertiary/aromatic N) is 1. The number of carbonyl (C=O) groups excluding carboxylic acids is 1. The Bertz CT molecular complexity index is 718. The van der Waals surface area contributed by atoms with Crippen molar-refractivity contribution in [3.63, 3.8) is 0 Å². The second kappa shape index (κ2) is 7.49. The monoisotopic (exact) mass is 360 g/mol. The van der Waals surface area contributed by atoms with Crippen LogP contribution in [0.1, 0.15) is 36.3 Å². The van der Waals surface area contributed by atoms with Gasteiger partial charge in [-0.2, -0.15) is 0 Å². The van der Waals surface area contributed by atoms with Crippen LogP contribution in [0.3, 0.4) is 0 Å². The van der Waals surface area contributed by atoms with E-state index in [0.29, 0.717) is 10.9 Å². The molecule has 0 saturated carbocycles. The van der Waals surface area contributed by atoms with Gasteiger partial charge in [-0.05, 0) is 41.3 Å². The third-order valence-corrected chi connectivity index (χ3v) is 5.61. The molecule has 0 bridgehead atoms. The van der Waals surface area contributed by atoms with Crippen LogP contribution in [0.15, 0.2) is 48.5 Å². The van der Waals surface area contributed by atoms with Gasteiger partial charge in [0.1, 0.15) is 5.37 Å². The fraction of sp³-hybridized carbons (Fsp3) is 0.316. The average Bonchev–Trinajstić information content (AvgIpc) is 3.05. The summed E-state index contributed by atoms with van der Waals surface area (Å²) in [6, 6.07) is 15.7. The van der Waals surface area contributed by atoms with Gasteiger partial charge in [-0.3, -0.25) is 0 Å². The normalized spacial score (nSPS) is 17.3. The van der Waals surface area contributed by atoms with Crippen molar-refractivity contribution in [1.82, 2.24) is 4.90 Å². The Hall–Kier alpha value is -1.65. The second-order valence-corrected chi connectivity index (χ2v) is 7.80. The van der Waals surface area contributed by atoms with Crippen LogP contribution in [0.4, 0.5) is 10.5 Å². The van der Waals surface area contributed by atoms with Crippen LogP contribution in [0.5, 0.6) is 0 Å². The molecule has 2 aromatic rings. The first kappa shape index (κ1) is 17.2. The van der Waals surface area contributed by atoms with Crippen molar-refractivity contribution in [1.29, 1.82) is 0 Å². The van der Waals surface area contributed by atoms with E-state index in [9.17, 15) is 4.79 Å². The molecular weight excluding hydrogens is 340 g/mol. The second-order valence-electron chi connectivity index (χ2n) is 6.18. The standard InChI is InChI=1S/C19H21ClN2OS/c1-13(2)14-6-8-17(9-7-14)21-19(23)22-10-11-24-18(22)15-4-3-5-16(20)12-15/h3-9,12-13,18H,10-11H2,1-2H3,(H,21,23). The molecule has 3 rings (SSSR count). The first-order valence-corrected chi connectivity index (χ1v) is 9.52. The predicted octanol–water partition coefficient (Wildman–Crippen LogP) is 5.74. The van der Waals surface area contributed by atoms with E-state index < -0.39 is 0 Å². The van der Waals surface area contributed by atoms with Crippen LogP contribution in [-0.2, 0) is 0 Å². The van der Waals surface area contributed by atoms with Crippen LogP contribution in [0, 0.1) is 0 Å². The van der Waals surface area contributed by atoms with E-state index in [4.69, 9.17) is 11.6 Å². The molecule has 1 aliphatic heterocycles. The van der Waals surface area contributed by atoms with E-state index in [0.717, 1.165) is 23.5 Å². The Balaban J connectivity index is 1.71. The number of amides is 2. The summed E-state index contributed by atoms with van der Waals surface area (Å²) in [5, 5.41) is 3.72. The van der Waals surface area contributed by atoms with Crippen LogP contribution in [-0.4, -0.2) is 23.2 Å². The van der Waals surface area contributed by atoms with Gasteiger partial charge in [0.25, 0.3) is 0 Å². The number of rotatable bonds is 3. The SMILES string of the molecule is CC(C)c1ccc(NC(=O)N2CCSC2c2cccc(Cl)c2)cc1. The van der Waals surface area contributed by atoms with E-state index in [1.165, 1.54) is 5.56 Å². The largest absolute Gasteiger partial charge is 0.323 e. The maximum atomic E-state index is 12.7. The summed E-state index contributed by atoms with van der Waals surface area (Å²) in [5.41, 5.74) is 3.16. The number of halogens is 1. The number of hydrogen-bond acceptors (Lipinski definition) is 2. The topological polar surface area (TPSA) is 32.3 Å². The summed E-state index contributed by atoms with van der Waals surface area (Å²) < 4.78 is 0. The molecule has 5 heteroatoms. The van der Waals surface area contributed by atoms with Crippen LogP contribution >= 0.6 is 23.4 Å². The van der Waals surface area contributed by atoms with E-state index >= 15 is 0 Å².